The molecule has 0 aliphatic rings. The van der Waals surface area contributed by atoms with Gasteiger partial charge in [-0.1, -0.05) is 0 Å². The molecule has 2 N–H and O–H groups in total. The number of hydrogen-bond acceptors (Lipinski definition) is 3. The first kappa shape index (κ1) is 18.4. The molecule has 0 aliphatic heterocycles. The van der Waals surface area contributed by atoms with E-state index >= 15 is 0 Å². The van der Waals surface area contributed by atoms with Gasteiger partial charge in [0.15, 0.2) is 0 Å². The summed E-state index contributed by atoms with van der Waals surface area (Å²) >= 11 is 0. The maximum absolute atomic E-state index is 13.5. The quantitative estimate of drug-likeness (QED) is 0.808. The van der Waals surface area contributed by atoms with Crippen molar-refractivity contribution in [3.8, 4) is 5.75 Å². The van der Waals surface area contributed by atoms with E-state index < -0.39 is 17.5 Å². The number of ether oxygens (including phenoxy) is 1. The lowest BCUT2D eigenvalue weighted by atomic mass is 10.2. The predicted octanol–water partition coefficient (Wildman–Crippen LogP) is 3.12. The molecule has 0 atom stereocenters. The van der Waals surface area contributed by atoms with Crippen LogP contribution < -0.4 is 15.4 Å². The van der Waals surface area contributed by atoms with E-state index in [2.05, 4.69) is 10.6 Å². The third kappa shape index (κ3) is 5.56. The molecule has 2 aromatic carbocycles. The standard InChI is InChI=1S/C18H18F2N2O3/c1-2-25-14-6-4-13(5-7-14)22-17(23)9-10-21-18(24)15-8-3-12(19)11-16(15)20/h3-8,11H,2,9-10H2,1H3,(H,21,24)(H,22,23). The Labute approximate surface area is 144 Å². The molecule has 5 nitrogen and oxygen atoms in total. The average molecular weight is 348 g/mol. The molecule has 0 unspecified atom stereocenters. The minimum atomic E-state index is -0.948. The van der Waals surface area contributed by atoms with E-state index in [1.54, 1.807) is 24.3 Å². The largest absolute Gasteiger partial charge is 0.494 e. The molecule has 0 saturated heterocycles. The molecule has 0 fully saturated rings. The van der Waals surface area contributed by atoms with E-state index in [4.69, 9.17) is 4.74 Å². The summed E-state index contributed by atoms with van der Waals surface area (Å²) < 4.78 is 31.6. The van der Waals surface area contributed by atoms with Crippen molar-refractivity contribution in [1.29, 1.82) is 0 Å². The van der Waals surface area contributed by atoms with Crippen LogP contribution in [0.5, 0.6) is 5.75 Å². The number of hydrogen-bond donors (Lipinski definition) is 2. The molecule has 25 heavy (non-hydrogen) atoms. The monoisotopic (exact) mass is 348 g/mol. The Kier molecular flexibility index (Phi) is 6.45. The summed E-state index contributed by atoms with van der Waals surface area (Å²) in [6.45, 7) is 2.46. The van der Waals surface area contributed by atoms with E-state index in [1.165, 1.54) is 0 Å². The average Bonchev–Trinajstić information content (AvgIpc) is 2.56. The number of halogens is 2. The Morgan fingerprint density at radius 2 is 1.80 bits per heavy atom. The van der Waals surface area contributed by atoms with Crippen LogP contribution in [0.4, 0.5) is 14.5 Å². The Morgan fingerprint density at radius 1 is 1.08 bits per heavy atom. The smallest absolute Gasteiger partial charge is 0.254 e. The zero-order chi connectivity index (χ0) is 18.2. The number of rotatable bonds is 7. The minimum Gasteiger partial charge on any atom is -0.494 e. The molecular formula is C18H18F2N2O3. The van der Waals surface area contributed by atoms with E-state index in [9.17, 15) is 18.4 Å². The number of anilines is 1. The normalized spacial score (nSPS) is 10.2. The highest BCUT2D eigenvalue weighted by molar-refractivity contribution is 5.95. The van der Waals surface area contributed by atoms with Gasteiger partial charge >= 0.3 is 0 Å². The molecule has 0 heterocycles. The van der Waals surface area contributed by atoms with E-state index in [1.807, 2.05) is 6.92 Å². The Balaban J connectivity index is 1.79. The summed E-state index contributed by atoms with van der Waals surface area (Å²) in [6.07, 6.45) is 0.0156. The summed E-state index contributed by atoms with van der Waals surface area (Å²) in [7, 11) is 0. The van der Waals surface area contributed by atoms with Gasteiger partial charge in [-0.2, -0.15) is 0 Å². The molecule has 2 aromatic rings. The molecule has 132 valence electrons. The van der Waals surface area contributed by atoms with Crippen LogP contribution in [0.3, 0.4) is 0 Å². The van der Waals surface area contributed by atoms with E-state index in [0.29, 0.717) is 24.1 Å². The highest BCUT2D eigenvalue weighted by Gasteiger charge is 2.12. The maximum atomic E-state index is 13.5. The van der Waals surface area contributed by atoms with Gasteiger partial charge in [0.05, 0.1) is 12.2 Å². The molecule has 2 rings (SSSR count). The minimum absolute atomic E-state index is 0.0156. The number of nitrogens with one attached hydrogen (secondary N) is 2. The summed E-state index contributed by atoms with van der Waals surface area (Å²) in [5.74, 6) is -2.01. The topological polar surface area (TPSA) is 67.4 Å². The fourth-order valence-electron chi connectivity index (χ4n) is 2.08. The maximum Gasteiger partial charge on any atom is 0.254 e. The second-order valence-corrected chi connectivity index (χ2v) is 5.14. The first-order chi connectivity index (χ1) is 12.0. The third-order valence-corrected chi connectivity index (χ3v) is 3.26. The zero-order valence-corrected chi connectivity index (χ0v) is 13.6. The summed E-state index contributed by atoms with van der Waals surface area (Å²) in [4.78, 5) is 23.6. The zero-order valence-electron chi connectivity index (χ0n) is 13.6. The lowest BCUT2D eigenvalue weighted by Crippen LogP contribution is -2.28. The van der Waals surface area contributed by atoms with Crippen molar-refractivity contribution < 1.29 is 23.1 Å². The van der Waals surface area contributed by atoms with Crippen molar-refractivity contribution in [2.24, 2.45) is 0 Å². The lowest BCUT2D eigenvalue weighted by molar-refractivity contribution is -0.116. The van der Waals surface area contributed by atoms with Crippen LogP contribution >= 0.6 is 0 Å². The van der Waals surface area contributed by atoms with Gasteiger partial charge in [-0.25, -0.2) is 8.78 Å². The van der Waals surface area contributed by atoms with Gasteiger partial charge in [-0.05, 0) is 43.3 Å². The highest BCUT2D eigenvalue weighted by atomic mass is 19.1. The predicted molar refractivity (Wildman–Crippen MR) is 89.5 cm³/mol. The lowest BCUT2D eigenvalue weighted by Gasteiger charge is -2.08. The van der Waals surface area contributed by atoms with Crippen LogP contribution in [-0.4, -0.2) is 25.0 Å². The Bertz CT molecular complexity index is 748. The van der Waals surface area contributed by atoms with Gasteiger partial charge in [-0.15, -0.1) is 0 Å². The van der Waals surface area contributed by atoms with Crippen LogP contribution in [0.2, 0.25) is 0 Å². The Hall–Kier alpha value is -2.96. The second-order valence-electron chi connectivity index (χ2n) is 5.14. The van der Waals surface area contributed by atoms with Crippen LogP contribution in [0.1, 0.15) is 23.7 Å². The van der Waals surface area contributed by atoms with Crippen molar-refractivity contribution >= 4 is 17.5 Å². The Morgan fingerprint density at radius 3 is 2.44 bits per heavy atom. The fraction of sp³-hybridized carbons (Fsp3) is 0.222. The SMILES string of the molecule is CCOc1ccc(NC(=O)CCNC(=O)c2ccc(F)cc2F)cc1. The van der Waals surface area contributed by atoms with Gasteiger partial charge in [0.25, 0.3) is 5.91 Å². The van der Waals surface area contributed by atoms with Crippen LogP contribution in [0.15, 0.2) is 42.5 Å². The fourth-order valence-corrected chi connectivity index (χ4v) is 2.08. The molecule has 0 spiro atoms. The van der Waals surface area contributed by atoms with Crippen molar-refractivity contribution in [2.45, 2.75) is 13.3 Å². The van der Waals surface area contributed by atoms with Crippen LogP contribution in [0.25, 0.3) is 0 Å². The van der Waals surface area contributed by atoms with Gasteiger partial charge in [0, 0.05) is 24.7 Å². The van der Waals surface area contributed by atoms with Gasteiger partial charge < -0.3 is 15.4 Å². The highest BCUT2D eigenvalue weighted by Crippen LogP contribution is 2.15. The van der Waals surface area contributed by atoms with Crippen LogP contribution in [0, 0.1) is 11.6 Å². The molecule has 0 radical (unpaired) electrons. The number of carbonyl (C=O) groups is 2. The molecule has 0 aliphatic carbocycles. The van der Waals surface area contributed by atoms with E-state index in [-0.39, 0.29) is 24.4 Å². The van der Waals surface area contributed by atoms with Crippen molar-refractivity contribution in [3.63, 3.8) is 0 Å². The molecule has 2 amide bonds. The number of benzene rings is 2. The molecule has 0 aromatic heterocycles. The summed E-state index contributed by atoms with van der Waals surface area (Å²) in [5.41, 5.74) is 0.331. The molecule has 0 bridgehead atoms. The van der Waals surface area contributed by atoms with Crippen molar-refractivity contribution in [1.82, 2.24) is 5.32 Å². The third-order valence-electron chi connectivity index (χ3n) is 3.26. The van der Waals surface area contributed by atoms with E-state index in [0.717, 1.165) is 12.1 Å². The van der Waals surface area contributed by atoms with Crippen LogP contribution in [-0.2, 0) is 4.79 Å². The van der Waals surface area contributed by atoms with Gasteiger partial charge in [0.1, 0.15) is 17.4 Å². The first-order valence-electron chi connectivity index (χ1n) is 7.75. The van der Waals surface area contributed by atoms with Gasteiger partial charge in [0.2, 0.25) is 5.91 Å². The molecule has 0 saturated carbocycles. The van der Waals surface area contributed by atoms with Crippen molar-refractivity contribution in [3.05, 3.63) is 59.7 Å². The summed E-state index contributed by atoms with van der Waals surface area (Å²) in [6, 6.07) is 9.56. The second kappa shape index (κ2) is 8.77. The number of amides is 2. The van der Waals surface area contributed by atoms with Gasteiger partial charge in [-0.3, -0.25) is 9.59 Å². The first-order valence-corrected chi connectivity index (χ1v) is 7.75. The molecule has 7 heteroatoms. The van der Waals surface area contributed by atoms with Crippen molar-refractivity contribution in [2.75, 3.05) is 18.5 Å². The number of carbonyl (C=O) groups excluding carboxylic acids is 2. The molecular weight excluding hydrogens is 330 g/mol. The summed E-state index contributed by atoms with van der Waals surface area (Å²) in [5, 5.41) is 5.09.